The van der Waals surface area contributed by atoms with Crippen molar-refractivity contribution in [3.63, 3.8) is 0 Å². The molecule has 6 heteroatoms. The van der Waals surface area contributed by atoms with Crippen LogP contribution in [0.3, 0.4) is 0 Å². The Labute approximate surface area is 129 Å². The van der Waals surface area contributed by atoms with Gasteiger partial charge in [-0.1, -0.05) is 6.07 Å². The number of nitrogens with zero attached hydrogens (tertiary/aromatic N) is 1. The van der Waals surface area contributed by atoms with Crippen LogP contribution in [0.1, 0.15) is 30.9 Å². The maximum absolute atomic E-state index is 13.9. The lowest BCUT2D eigenvalue weighted by Gasteiger charge is -2.26. The minimum absolute atomic E-state index is 0.0232. The predicted molar refractivity (Wildman–Crippen MR) is 79.4 cm³/mol. The molecule has 4 nitrogen and oxygen atoms in total. The SMILES string of the molecule is CN(C)[C@@H](CNC(=O)C[C@H]1CCCO1)c1c(F)cccc1F. The first kappa shape index (κ1) is 16.8. The summed E-state index contributed by atoms with van der Waals surface area (Å²) >= 11 is 0. The molecular formula is C16H22F2N2O2. The molecule has 0 radical (unpaired) electrons. The maximum atomic E-state index is 13.9. The number of likely N-dealkylation sites (N-methyl/N-ethyl adjacent to an activating group) is 1. The van der Waals surface area contributed by atoms with Gasteiger partial charge in [-0.25, -0.2) is 8.78 Å². The number of benzene rings is 1. The lowest BCUT2D eigenvalue weighted by molar-refractivity contribution is -0.123. The number of halogens is 2. The summed E-state index contributed by atoms with van der Waals surface area (Å²) in [5.41, 5.74) is -0.0232. The van der Waals surface area contributed by atoms with Crippen molar-refractivity contribution in [2.24, 2.45) is 0 Å². The number of rotatable bonds is 6. The molecule has 0 unspecified atom stereocenters. The minimum Gasteiger partial charge on any atom is -0.378 e. The summed E-state index contributed by atoms with van der Waals surface area (Å²) in [7, 11) is 3.45. The van der Waals surface area contributed by atoms with Crippen molar-refractivity contribution in [3.05, 3.63) is 35.4 Å². The standard InChI is InChI=1S/C16H22F2N2O2/c1-20(2)14(16-12(17)6-3-7-13(16)18)10-19-15(21)9-11-5-4-8-22-11/h3,6-7,11,14H,4-5,8-10H2,1-2H3,(H,19,21)/t11-,14+/m1/s1. The van der Waals surface area contributed by atoms with Crippen LogP contribution in [0.4, 0.5) is 8.78 Å². The summed E-state index contributed by atoms with van der Waals surface area (Å²) in [6.45, 7) is 0.842. The van der Waals surface area contributed by atoms with E-state index in [1.165, 1.54) is 18.2 Å². The van der Waals surface area contributed by atoms with Gasteiger partial charge in [-0.2, -0.15) is 0 Å². The highest BCUT2D eigenvalue weighted by Crippen LogP contribution is 2.24. The van der Waals surface area contributed by atoms with E-state index in [1.807, 2.05) is 0 Å². The summed E-state index contributed by atoms with van der Waals surface area (Å²) in [6, 6.07) is 3.22. The topological polar surface area (TPSA) is 41.6 Å². The molecule has 2 atom stereocenters. The summed E-state index contributed by atoms with van der Waals surface area (Å²) in [4.78, 5) is 13.6. The molecule has 2 rings (SSSR count). The first-order valence-electron chi connectivity index (χ1n) is 7.47. The lowest BCUT2D eigenvalue weighted by Crippen LogP contribution is -2.36. The minimum atomic E-state index is -0.605. The van der Waals surface area contributed by atoms with E-state index in [0.717, 1.165) is 12.8 Å². The Balaban J connectivity index is 1.98. The van der Waals surface area contributed by atoms with Gasteiger partial charge in [-0.3, -0.25) is 4.79 Å². The number of hydrogen-bond acceptors (Lipinski definition) is 3. The molecule has 122 valence electrons. The zero-order valence-electron chi connectivity index (χ0n) is 12.9. The Morgan fingerprint density at radius 1 is 1.41 bits per heavy atom. The average molecular weight is 312 g/mol. The second-order valence-corrected chi connectivity index (χ2v) is 5.76. The van der Waals surface area contributed by atoms with E-state index < -0.39 is 17.7 Å². The summed E-state index contributed by atoms with van der Waals surface area (Å²) in [5.74, 6) is -1.37. The van der Waals surface area contributed by atoms with Crippen molar-refractivity contribution in [3.8, 4) is 0 Å². The highest BCUT2D eigenvalue weighted by Gasteiger charge is 2.24. The van der Waals surface area contributed by atoms with E-state index in [2.05, 4.69) is 5.32 Å². The number of carbonyl (C=O) groups excluding carboxylic acids is 1. The Kier molecular flexibility index (Phi) is 5.85. The number of ether oxygens (including phenoxy) is 1. The van der Waals surface area contributed by atoms with Gasteiger partial charge in [0.05, 0.1) is 18.6 Å². The normalized spacial score (nSPS) is 19.4. The van der Waals surface area contributed by atoms with E-state index in [9.17, 15) is 13.6 Å². The summed E-state index contributed by atoms with van der Waals surface area (Å²) in [5, 5.41) is 2.75. The predicted octanol–water partition coefficient (Wildman–Crippen LogP) is 2.25. The fraction of sp³-hybridized carbons (Fsp3) is 0.562. The zero-order chi connectivity index (χ0) is 16.1. The molecule has 1 N–H and O–H groups in total. The van der Waals surface area contributed by atoms with E-state index >= 15 is 0 Å². The largest absolute Gasteiger partial charge is 0.378 e. The summed E-state index contributed by atoms with van der Waals surface area (Å²) in [6.07, 6.45) is 2.11. The van der Waals surface area contributed by atoms with Crippen molar-refractivity contribution < 1.29 is 18.3 Å². The van der Waals surface area contributed by atoms with Crippen LogP contribution in [-0.2, 0) is 9.53 Å². The van der Waals surface area contributed by atoms with Gasteiger partial charge in [0.15, 0.2) is 0 Å². The Hall–Kier alpha value is -1.53. The molecule has 1 fully saturated rings. The van der Waals surface area contributed by atoms with Gasteiger partial charge in [0.25, 0.3) is 0 Å². The molecule has 1 aliphatic heterocycles. The van der Waals surface area contributed by atoms with Crippen LogP contribution in [0.15, 0.2) is 18.2 Å². The Morgan fingerprint density at radius 3 is 2.64 bits per heavy atom. The highest BCUT2D eigenvalue weighted by atomic mass is 19.1. The second kappa shape index (κ2) is 7.65. The smallest absolute Gasteiger partial charge is 0.222 e. The molecule has 1 aliphatic rings. The average Bonchev–Trinajstić information content (AvgIpc) is 2.94. The fourth-order valence-electron chi connectivity index (χ4n) is 2.67. The number of amides is 1. The van der Waals surface area contributed by atoms with Crippen molar-refractivity contribution in [1.82, 2.24) is 10.2 Å². The number of hydrogen-bond donors (Lipinski definition) is 1. The van der Waals surface area contributed by atoms with Crippen LogP contribution in [0.25, 0.3) is 0 Å². The van der Waals surface area contributed by atoms with Crippen LogP contribution >= 0.6 is 0 Å². The van der Waals surface area contributed by atoms with Crippen molar-refractivity contribution in [2.75, 3.05) is 27.2 Å². The molecule has 0 spiro atoms. The lowest BCUT2D eigenvalue weighted by atomic mass is 10.0. The molecule has 0 saturated carbocycles. The maximum Gasteiger partial charge on any atom is 0.222 e. The van der Waals surface area contributed by atoms with E-state index in [4.69, 9.17) is 4.74 Å². The molecule has 0 bridgehead atoms. The van der Waals surface area contributed by atoms with E-state index in [0.29, 0.717) is 13.0 Å². The third-order valence-electron chi connectivity index (χ3n) is 3.89. The van der Waals surface area contributed by atoms with E-state index in [-0.39, 0.29) is 24.1 Å². The fourth-order valence-corrected chi connectivity index (χ4v) is 2.67. The van der Waals surface area contributed by atoms with Crippen LogP contribution in [0.2, 0.25) is 0 Å². The number of nitrogens with one attached hydrogen (secondary N) is 1. The van der Waals surface area contributed by atoms with Crippen molar-refractivity contribution >= 4 is 5.91 Å². The van der Waals surface area contributed by atoms with Gasteiger partial charge in [0.1, 0.15) is 11.6 Å². The third kappa shape index (κ3) is 4.24. The van der Waals surface area contributed by atoms with Gasteiger partial charge < -0.3 is 15.0 Å². The number of carbonyl (C=O) groups is 1. The highest BCUT2D eigenvalue weighted by molar-refractivity contribution is 5.76. The first-order chi connectivity index (χ1) is 10.5. The Bertz CT molecular complexity index is 497. The molecule has 0 aromatic heterocycles. The van der Waals surface area contributed by atoms with E-state index in [1.54, 1.807) is 19.0 Å². The van der Waals surface area contributed by atoms with Crippen molar-refractivity contribution in [1.29, 1.82) is 0 Å². The summed E-state index contributed by atoms with van der Waals surface area (Å²) < 4.78 is 33.2. The van der Waals surface area contributed by atoms with Crippen LogP contribution < -0.4 is 5.32 Å². The molecule has 1 amide bonds. The molecule has 1 saturated heterocycles. The molecule has 1 heterocycles. The van der Waals surface area contributed by atoms with Gasteiger partial charge in [-0.05, 0) is 39.1 Å². The monoisotopic (exact) mass is 312 g/mol. The van der Waals surface area contributed by atoms with Gasteiger partial charge >= 0.3 is 0 Å². The molecular weight excluding hydrogens is 290 g/mol. The molecule has 1 aromatic rings. The molecule has 0 aliphatic carbocycles. The van der Waals surface area contributed by atoms with Crippen LogP contribution in [-0.4, -0.2) is 44.2 Å². The Morgan fingerprint density at radius 2 is 2.09 bits per heavy atom. The quantitative estimate of drug-likeness (QED) is 0.876. The van der Waals surface area contributed by atoms with Gasteiger partial charge in [0, 0.05) is 18.7 Å². The van der Waals surface area contributed by atoms with Gasteiger partial charge in [0.2, 0.25) is 5.91 Å². The van der Waals surface area contributed by atoms with Crippen molar-refractivity contribution in [2.45, 2.75) is 31.4 Å². The zero-order valence-corrected chi connectivity index (χ0v) is 12.9. The third-order valence-corrected chi connectivity index (χ3v) is 3.89. The van der Waals surface area contributed by atoms with Crippen LogP contribution in [0, 0.1) is 11.6 Å². The first-order valence-corrected chi connectivity index (χ1v) is 7.47. The van der Waals surface area contributed by atoms with Gasteiger partial charge in [-0.15, -0.1) is 0 Å². The van der Waals surface area contributed by atoms with Crippen LogP contribution in [0.5, 0.6) is 0 Å². The molecule has 22 heavy (non-hydrogen) atoms. The second-order valence-electron chi connectivity index (χ2n) is 5.76. The molecule has 1 aromatic carbocycles.